The highest BCUT2D eigenvalue weighted by atomic mass is 35.5. The van der Waals surface area contributed by atoms with Crippen LogP contribution in [0.4, 0.5) is 0 Å². The summed E-state index contributed by atoms with van der Waals surface area (Å²) in [5.41, 5.74) is 1.14. The molecule has 0 unspecified atom stereocenters. The molecule has 178 valence electrons. The van der Waals surface area contributed by atoms with E-state index in [0.29, 0.717) is 38.7 Å². The first-order valence-electron chi connectivity index (χ1n) is 10.9. The largest absolute Gasteiger partial charge is 0.488 e. The number of halogens is 3. The van der Waals surface area contributed by atoms with Gasteiger partial charge in [0.05, 0.1) is 15.6 Å². The number of ether oxygens (including phenoxy) is 2. The number of rotatable bonds is 11. The van der Waals surface area contributed by atoms with Crippen LogP contribution in [0.25, 0.3) is 6.08 Å². The van der Waals surface area contributed by atoms with E-state index in [2.05, 4.69) is 23.7 Å². The highest BCUT2D eigenvalue weighted by Crippen LogP contribution is 2.39. The van der Waals surface area contributed by atoms with E-state index in [-0.39, 0.29) is 11.7 Å². The monoisotopic (exact) mass is 518 g/mol. The number of carbonyl (C=O) groups is 1. The topological polar surface area (TPSA) is 51.7 Å². The van der Waals surface area contributed by atoms with E-state index < -0.39 is 0 Å². The molecule has 0 aliphatic carbocycles. The maximum Gasteiger partial charge on any atom is 0.230 e. The molecule has 0 atom stereocenters. The van der Waals surface area contributed by atoms with Gasteiger partial charge in [0.1, 0.15) is 6.61 Å². The first kappa shape index (κ1) is 26.0. The normalized spacial score (nSPS) is 11.2. The number of hydrogen-bond donors (Lipinski definition) is 0. The molecule has 3 aromatic rings. The fourth-order valence-electron chi connectivity index (χ4n) is 3.13. The fourth-order valence-corrected chi connectivity index (χ4v) is 3.56. The Labute approximate surface area is 214 Å². The highest BCUT2D eigenvalue weighted by molar-refractivity contribution is 6.42. The van der Waals surface area contributed by atoms with Crippen molar-refractivity contribution in [1.29, 1.82) is 0 Å². The molecule has 1 aromatic heterocycles. The van der Waals surface area contributed by atoms with E-state index in [1.807, 2.05) is 12.1 Å². The minimum absolute atomic E-state index is 0.139. The van der Waals surface area contributed by atoms with Gasteiger partial charge in [0.2, 0.25) is 5.88 Å². The summed E-state index contributed by atoms with van der Waals surface area (Å²) in [6.07, 6.45) is 4.72. The third-order valence-corrected chi connectivity index (χ3v) is 6.06. The van der Waals surface area contributed by atoms with E-state index in [4.69, 9.17) is 44.3 Å². The van der Waals surface area contributed by atoms with Gasteiger partial charge >= 0.3 is 0 Å². The van der Waals surface area contributed by atoms with Crippen LogP contribution in [0.5, 0.6) is 17.4 Å². The van der Waals surface area contributed by atoms with Crippen LogP contribution in [-0.4, -0.2) is 41.9 Å². The number of benzene rings is 2. The van der Waals surface area contributed by atoms with Gasteiger partial charge in [-0.05, 0) is 49.0 Å². The van der Waals surface area contributed by atoms with Gasteiger partial charge in [0, 0.05) is 29.9 Å². The third kappa shape index (κ3) is 7.21. The minimum Gasteiger partial charge on any atom is -0.488 e. The molecular weight excluding hydrogens is 495 g/mol. The summed E-state index contributed by atoms with van der Waals surface area (Å²) in [4.78, 5) is 19.4. The highest BCUT2D eigenvalue weighted by Gasteiger charge is 2.17. The molecule has 0 bridgehead atoms. The van der Waals surface area contributed by atoms with Crippen LogP contribution >= 0.6 is 34.8 Å². The van der Waals surface area contributed by atoms with Crippen molar-refractivity contribution < 1.29 is 14.3 Å². The lowest BCUT2D eigenvalue weighted by molar-refractivity contribution is 0.104. The van der Waals surface area contributed by atoms with E-state index >= 15 is 0 Å². The molecule has 0 aliphatic rings. The van der Waals surface area contributed by atoms with Crippen LogP contribution in [0, 0.1) is 0 Å². The van der Waals surface area contributed by atoms with Crippen LogP contribution in [0.15, 0.2) is 60.8 Å². The quantitative estimate of drug-likeness (QED) is 0.194. The predicted molar refractivity (Wildman–Crippen MR) is 139 cm³/mol. The number of aromatic nitrogens is 1. The molecule has 0 spiro atoms. The molecule has 1 heterocycles. The second kappa shape index (κ2) is 12.8. The van der Waals surface area contributed by atoms with E-state index in [1.54, 1.807) is 48.7 Å². The average molecular weight is 520 g/mol. The second-order valence-corrected chi connectivity index (χ2v) is 8.55. The Hall–Kier alpha value is -2.57. The summed E-state index contributed by atoms with van der Waals surface area (Å²) in [5.74, 6) is 0.619. The van der Waals surface area contributed by atoms with Crippen molar-refractivity contribution in [3.05, 3.63) is 87.0 Å². The Morgan fingerprint density at radius 2 is 1.68 bits per heavy atom. The lowest BCUT2D eigenvalue weighted by atomic mass is 10.1. The van der Waals surface area contributed by atoms with Crippen LogP contribution in [0.2, 0.25) is 15.1 Å². The number of likely N-dealkylation sites (N-methyl/N-ethyl adjacent to an activating group) is 1. The molecule has 3 rings (SSSR count). The van der Waals surface area contributed by atoms with Crippen molar-refractivity contribution in [2.45, 2.75) is 13.8 Å². The second-order valence-electron chi connectivity index (χ2n) is 7.30. The Balaban J connectivity index is 1.82. The Morgan fingerprint density at radius 1 is 1.00 bits per heavy atom. The molecule has 0 fully saturated rings. The van der Waals surface area contributed by atoms with Gasteiger partial charge in [-0.3, -0.25) is 4.79 Å². The van der Waals surface area contributed by atoms with Gasteiger partial charge in [-0.1, -0.05) is 66.9 Å². The standard InChI is InChI=1S/C26H25Cl3N2O3/c1-3-31(4-2)14-15-33-24-16-21(28)22(29)17-25(24)34-26-20(6-5-13-30-26)23(32)12-9-18-7-10-19(27)11-8-18/h5-13,16-17H,3-4,14-15H2,1-2H3/b12-9+. The molecule has 0 amide bonds. The lowest BCUT2D eigenvalue weighted by Gasteiger charge is -2.19. The van der Waals surface area contributed by atoms with Crippen molar-refractivity contribution in [3.8, 4) is 17.4 Å². The molecule has 34 heavy (non-hydrogen) atoms. The lowest BCUT2D eigenvalue weighted by Crippen LogP contribution is -2.27. The molecule has 5 nitrogen and oxygen atoms in total. The van der Waals surface area contributed by atoms with E-state index in [0.717, 1.165) is 25.2 Å². The average Bonchev–Trinajstić information content (AvgIpc) is 2.84. The predicted octanol–water partition coefficient (Wildman–Crippen LogP) is 7.45. The number of carbonyl (C=O) groups excluding carboxylic acids is 1. The first-order valence-corrected chi connectivity index (χ1v) is 12.0. The van der Waals surface area contributed by atoms with Crippen molar-refractivity contribution in [2.75, 3.05) is 26.2 Å². The zero-order chi connectivity index (χ0) is 24.5. The Kier molecular flexibility index (Phi) is 9.78. The Morgan fingerprint density at radius 3 is 2.35 bits per heavy atom. The molecule has 0 saturated heterocycles. The van der Waals surface area contributed by atoms with Crippen LogP contribution in [0.3, 0.4) is 0 Å². The maximum atomic E-state index is 12.9. The van der Waals surface area contributed by atoms with Gasteiger partial charge in [-0.2, -0.15) is 0 Å². The number of pyridine rings is 1. The SMILES string of the molecule is CCN(CC)CCOc1cc(Cl)c(Cl)cc1Oc1ncccc1C(=O)/C=C/c1ccc(Cl)cc1. The zero-order valence-electron chi connectivity index (χ0n) is 18.9. The number of ketones is 1. The van der Waals surface area contributed by atoms with Gasteiger partial charge in [-0.15, -0.1) is 0 Å². The minimum atomic E-state index is -0.262. The fraction of sp³-hybridized carbons (Fsp3) is 0.231. The third-order valence-electron chi connectivity index (χ3n) is 5.09. The van der Waals surface area contributed by atoms with Crippen molar-refractivity contribution in [1.82, 2.24) is 9.88 Å². The van der Waals surface area contributed by atoms with E-state index in [1.165, 1.54) is 6.08 Å². The number of allylic oxidation sites excluding steroid dienone is 1. The summed E-state index contributed by atoms with van der Waals surface area (Å²) in [6, 6.07) is 13.7. The van der Waals surface area contributed by atoms with Crippen molar-refractivity contribution >= 4 is 46.7 Å². The van der Waals surface area contributed by atoms with Gasteiger partial charge < -0.3 is 14.4 Å². The van der Waals surface area contributed by atoms with Crippen LogP contribution in [0.1, 0.15) is 29.8 Å². The molecule has 2 aromatic carbocycles. The van der Waals surface area contributed by atoms with Crippen molar-refractivity contribution in [2.24, 2.45) is 0 Å². The molecule has 8 heteroatoms. The molecule has 0 radical (unpaired) electrons. The zero-order valence-corrected chi connectivity index (χ0v) is 21.2. The smallest absolute Gasteiger partial charge is 0.230 e. The summed E-state index contributed by atoms with van der Waals surface area (Å²) in [5, 5.41) is 1.28. The molecule has 0 N–H and O–H groups in total. The van der Waals surface area contributed by atoms with Gasteiger partial charge in [-0.25, -0.2) is 4.98 Å². The molecule has 0 saturated carbocycles. The van der Waals surface area contributed by atoms with Crippen LogP contribution < -0.4 is 9.47 Å². The van der Waals surface area contributed by atoms with Gasteiger partial charge in [0.25, 0.3) is 0 Å². The summed E-state index contributed by atoms with van der Waals surface area (Å²) in [7, 11) is 0. The summed E-state index contributed by atoms with van der Waals surface area (Å²) < 4.78 is 12.0. The molecule has 0 aliphatic heterocycles. The summed E-state index contributed by atoms with van der Waals surface area (Å²) >= 11 is 18.4. The molecular formula is C26H25Cl3N2O3. The van der Waals surface area contributed by atoms with E-state index in [9.17, 15) is 4.79 Å². The van der Waals surface area contributed by atoms with Crippen molar-refractivity contribution in [3.63, 3.8) is 0 Å². The summed E-state index contributed by atoms with van der Waals surface area (Å²) in [6.45, 7) is 7.22. The van der Waals surface area contributed by atoms with Gasteiger partial charge in [0.15, 0.2) is 17.3 Å². The number of nitrogens with zero attached hydrogens (tertiary/aromatic N) is 2. The van der Waals surface area contributed by atoms with Crippen LogP contribution in [-0.2, 0) is 0 Å². The number of hydrogen-bond acceptors (Lipinski definition) is 5. The maximum absolute atomic E-state index is 12.9. The first-order chi connectivity index (χ1) is 16.4. The Bertz CT molecular complexity index is 1150.